The van der Waals surface area contributed by atoms with Gasteiger partial charge in [-0.15, -0.1) is 0 Å². The number of methoxy groups -OCH3 is 1. The van der Waals surface area contributed by atoms with Crippen LogP contribution in [0.3, 0.4) is 0 Å². The second-order valence-corrected chi connectivity index (χ2v) is 10.5. The molecule has 1 spiro atoms. The topological polar surface area (TPSA) is 110 Å². The van der Waals surface area contributed by atoms with Gasteiger partial charge in [-0.3, -0.25) is 4.79 Å². The minimum atomic E-state index is -0.351. The van der Waals surface area contributed by atoms with E-state index in [1.54, 1.807) is 12.0 Å². The zero-order chi connectivity index (χ0) is 23.4. The minimum absolute atomic E-state index is 0.0118. The Morgan fingerprint density at radius 1 is 1.36 bits per heavy atom. The van der Waals surface area contributed by atoms with E-state index >= 15 is 0 Å². The number of rotatable bonds is 7. The Morgan fingerprint density at radius 2 is 2.12 bits per heavy atom. The number of aromatic nitrogens is 1. The van der Waals surface area contributed by atoms with Crippen LogP contribution in [0.25, 0.3) is 0 Å². The molecule has 6 atom stereocenters. The monoisotopic (exact) mass is 462 g/mol. The quantitative estimate of drug-likeness (QED) is 0.490. The Morgan fingerprint density at radius 3 is 2.73 bits per heavy atom. The summed E-state index contributed by atoms with van der Waals surface area (Å²) in [5.41, 5.74) is 0.444. The van der Waals surface area contributed by atoms with E-state index in [0.29, 0.717) is 38.3 Å². The summed E-state index contributed by atoms with van der Waals surface area (Å²) in [5.74, 6) is 0.881. The van der Waals surface area contributed by atoms with Crippen molar-refractivity contribution >= 4 is 6.09 Å². The van der Waals surface area contributed by atoms with E-state index in [-0.39, 0.29) is 53.0 Å². The van der Waals surface area contributed by atoms with Crippen LogP contribution in [-0.4, -0.2) is 72.5 Å². The number of likely N-dealkylation sites (tertiary alicyclic amines) is 1. The van der Waals surface area contributed by atoms with Crippen LogP contribution in [0.2, 0.25) is 0 Å². The third-order valence-corrected chi connectivity index (χ3v) is 7.77. The molecule has 4 aliphatic rings. The minimum Gasteiger partial charge on any atom is -0.443 e. The molecule has 1 aromatic rings. The van der Waals surface area contributed by atoms with Crippen LogP contribution in [0.15, 0.2) is 27.0 Å². The van der Waals surface area contributed by atoms with E-state index in [2.05, 4.69) is 32.0 Å². The smallest absolute Gasteiger partial charge is 0.410 e. The van der Waals surface area contributed by atoms with Gasteiger partial charge in [-0.1, -0.05) is 11.6 Å². The average molecular weight is 463 g/mol. The number of allylic oxidation sites excluding steroid dienone is 1. The maximum Gasteiger partial charge on any atom is 0.410 e. The lowest BCUT2D eigenvalue weighted by atomic mass is 9.68. The van der Waals surface area contributed by atoms with Gasteiger partial charge in [-0.25, -0.2) is 4.79 Å². The number of hydrogen-bond donors (Lipinski definition) is 1. The van der Waals surface area contributed by atoms with Gasteiger partial charge in [0.25, 0.3) is 5.56 Å². The number of nitrogens with one attached hydrogen (secondary N) is 1. The third kappa shape index (κ3) is 4.26. The molecule has 0 unspecified atom stereocenters. The molecule has 9 nitrogen and oxygen atoms in total. The zero-order valence-corrected chi connectivity index (χ0v) is 19.8. The van der Waals surface area contributed by atoms with Gasteiger partial charge >= 0.3 is 6.09 Å². The summed E-state index contributed by atoms with van der Waals surface area (Å²) in [6.45, 7) is 8.19. The Bertz CT molecular complexity index is 969. The van der Waals surface area contributed by atoms with Gasteiger partial charge in [-0.05, 0) is 40.0 Å². The maximum atomic E-state index is 12.8. The van der Waals surface area contributed by atoms with Crippen LogP contribution < -0.4 is 5.56 Å². The summed E-state index contributed by atoms with van der Waals surface area (Å²) < 4.78 is 29.2. The molecule has 0 radical (unpaired) electrons. The number of carbonyl (C=O) groups excluding carboxylic acids is 1. The first-order valence-electron chi connectivity index (χ1n) is 11.8. The largest absolute Gasteiger partial charge is 0.443 e. The lowest BCUT2D eigenvalue weighted by Gasteiger charge is -2.44. The molecule has 5 rings (SSSR count). The summed E-state index contributed by atoms with van der Waals surface area (Å²) in [4.78, 5) is 25.7. The van der Waals surface area contributed by atoms with Gasteiger partial charge < -0.3 is 28.4 Å². The molecule has 9 heteroatoms. The summed E-state index contributed by atoms with van der Waals surface area (Å²) in [6, 6.07) is 1.45. The van der Waals surface area contributed by atoms with Crippen LogP contribution in [0.1, 0.15) is 45.8 Å². The van der Waals surface area contributed by atoms with Gasteiger partial charge in [0.15, 0.2) is 0 Å². The molecule has 182 valence electrons. The van der Waals surface area contributed by atoms with E-state index < -0.39 is 0 Å². The number of H-pyrrole nitrogens is 1. The number of hydrogen-bond acceptors (Lipinski definition) is 7. The van der Waals surface area contributed by atoms with Crippen LogP contribution in [0, 0.1) is 11.8 Å². The molecule has 1 aliphatic carbocycles. The van der Waals surface area contributed by atoms with E-state index in [9.17, 15) is 9.59 Å². The van der Waals surface area contributed by atoms with Gasteiger partial charge in [0.05, 0.1) is 18.6 Å². The summed E-state index contributed by atoms with van der Waals surface area (Å²) in [6.07, 6.45) is 4.42. The molecule has 0 aromatic carbocycles. The molecule has 0 bridgehead atoms. The van der Waals surface area contributed by atoms with Gasteiger partial charge in [0, 0.05) is 38.6 Å². The van der Waals surface area contributed by atoms with Crippen LogP contribution >= 0.6 is 0 Å². The fourth-order valence-corrected chi connectivity index (χ4v) is 5.83. The first-order chi connectivity index (χ1) is 15.7. The van der Waals surface area contributed by atoms with Crippen molar-refractivity contribution in [2.45, 2.75) is 76.0 Å². The van der Waals surface area contributed by atoms with Gasteiger partial charge in [0.1, 0.15) is 29.2 Å². The molecule has 4 heterocycles. The molecular weight excluding hydrogens is 428 g/mol. The van der Waals surface area contributed by atoms with Crippen molar-refractivity contribution in [3.05, 3.63) is 33.8 Å². The highest BCUT2D eigenvalue weighted by Gasteiger charge is 2.72. The third-order valence-electron chi connectivity index (χ3n) is 7.77. The van der Waals surface area contributed by atoms with Crippen LogP contribution in [0.5, 0.6) is 0 Å². The van der Waals surface area contributed by atoms with E-state index in [0.717, 1.165) is 12.8 Å². The van der Waals surface area contributed by atoms with Crippen molar-refractivity contribution in [2.75, 3.05) is 26.8 Å². The van der Waals surface area contributed by atoms with Gasteiger partial charge in [0.2, 0.25) is 0 Å². The molecule has 1 N–H and O–H groups in total. The van der Waals surface area contributed by atoms with Crippen molar-refractivity contribution < 1.29 is 28.3 Å². The Kier molecular flexibility index (Phi) is 5.69. The molecule has 3 saturated heterocycles. The number of ether oxygens (including phenoxy) is 4. The average Bonchev–Trinajstić information content (AvgIpc) is 3.61. The summed E-state index contributed by atoms with van der Waals surface area (Å²) in [7, 11) is 1.68. The van der Waals surface area contributed by atoms with Crippen molar-refractivity contribution in [1.29, 1.82) is 0 Å². The summed E-state index contributed by atoms with van der Waals surface area (Å²) >= 11 is 0. The van der Waals surface area contributed by atoms with Crippen molar-refractivity contribution in [1.82, 2.24) is 10.1 Å². The fraction of sp³-hybridized carbons (Fsp3) is 0.750. The molecule has 1 amide bonds. The Hall–Kier alpha value is -2.10. The Balaban J connectivity index is 1.20. The van der Waals surface area contributed by atoms with Crippen molar-refractivity contribution in [3.63, 3.8) is 0 Å². The number of aromatic amines is 1. The highest BCUT2D eigenvalue weighted by Crippen LogP contribution is 2.59. The highest BCUT2D eigenvalue weighted by molar-refractivity contribution is 5.69. The summed E-state index contributed by atoms with van der Waals surface area (Å²) in [5, 5.41) is 2.30. The maximum absolute atomic E-state index is 12.8. The standard InChI is InChI=1S/C24H34N2O7/c1-14(2)5-6-18-23(3,32-18)21-20(29-4)17(7-8-24(21)13-30-24)31-22(28)26-11-15(12-26)9-16-10-19(27)25-33-16/h5,10,15,17-18,20-21H,6-9,11-13H2,1-4H3,(H,25,27)/t17-,18-,20-,21-,23+,24+/m1/s1. The predicted octanol–water partition coefficient (Wildman–Crippen LogP) is 2.66. The van der Waals surface area contributed by atoms with E-state index in [1.165, 1.54) is 11.6 Å². The van der Waals surface area contributed by atoms with Crippen molar-refractivity contribution in [3.8, 4) is 0 Å². The lowest BCUT2D eigenvalue weighted by molar-refractivity contribution is -0.124. The number of amides is 1. The lowest BCUT2D eigenvalue weighted by Crippen LogP contribution is -2.57. The number of nitrogens with zero attached hydrogens (tertiary/aromatic N) is 1. The van der Waals surface area contributed by atoms with Gasteiger partial charge in [-0.2, -0.15) is 5.16 Å². The second-order valence-electron chi connectivity index (χ2n) is 10.5. The van der Waals surface area contributed by atoms with Crippen molar-refractivity contribution in [2.24, 2.45) is 11.8 Å². The SMILES string of the molecule is CO[C@@H]1[C@H](OC(=O)N2CC(Cc3cc(=O)[nH]o3)C2)CC[C@]2(CO2)[C@H]1[C@@]1(C)O[C@@H]1CC=C(C)C. The zero-order valence-electron chi connectivity index (χ0n) is 19.8. The number of epoxide rings is 2. The van der Waals surface area contributed by atoms with E-state index in [1.807, 2.05) is 0 Å². The predicted molar refractivity (Wildman–Crippen MR) is 118 cm³/mol. The second kappa shape index (κ2) is 8.29. The molecule has 1 saturated carbocycles. The molecule has 3 aliphatic heterocycles. The molecule has 33 heavy (non-hydrogen) atoms. The highest BCUT2D eigenvalue weighted by atomic mass is 16.6. The Labute approximate surface area is 193 Å². The van der Waals surface area contributed by atoms with Crippen LogP contribution in [0.4, 0.5) is 4.79 Å². The molecule has 4 fully saturated rings. The van der Waals surface area contributed by atoms with E-state index in [4.69, 9.17) is 23.5 Å². The molecule has 1 aromatic heterocycles. The first-order valence-corrected chi connectivity index (χ1v) is 11.8. The normalized spacial score (nSPS) is 37.5. The number of carbonyl (C=O) groups is 1. The fourth-order valence-electron chi connectivity index (χ4n) is 5.83. The van der Waals surface area contributed by atoms with Crippen LogP contribution in [-0.2, 0) is 25.4 Å². The first kappa shape index (κ1) is 22.7. The molecular formula is C24H34N2O7.